The van der Waals surface area contributed by atoms with Gasteiger partial charge in [0, 0.05) is 18.1 Å². The van der Waals surface area contributed by atoms with Crippen LogP contribution in [0.25, 0.3) is 0 Å². The van der Waals surface area contributed by atoms with Crippen LogP contribution in [0.5, 0.6) is 0 Å². The number of amides is 6. The molecule has 0 radical (unpaired) electrons. The highest BCUT2D eigenvalue weighted by Gasteiger charge is 2.36. The molecule has 2 bridgehead atoms. The van der Waals surface area contributed by atoms with Crippen molar-refractivity contribution in [2.45, 2.75) is 84.6 Å². The van der Waals surface area contributed by atoms with Crippen LogP contribution >= 0.6 is 21.6 Å². The maximum Gasteiger partial charge on any atom is 0.244 e. The molecule has 5 atom stereocenters. The van der Waals surface area contributed by atoms with Crippen molar-refractivity contribution >= 4 is 57.0 Å². The van der Waals surface area contributed by atoms with E-state index in [4.69, 9.17) is 0 Å². The summed E-state index contributed by atoms with van der Waals surface area (Å²) in [6.07, 6.45) is -0.100. The lowest BCUT2D eigenvalue weighted by Gasteiger charge is -2.30. The fourth-order valence-electron chi connectivity index (χ4n) is 4.15. The van der Waals surface area contributed by atoms with Crippen LogP contribution in [-0.4, -0.2) is 83.7 Å². The van der Waals surface area contributed by atoms with Gasteiger partial charge in [-0.2, -0.15) is 0 Å². The molecule has 0 saturated carbocycles. The summed E-state index contributed by atoms with van der Waals surface area (Å²) in [6, 6.07) is -5.16. The van der Waals surface area contributed by atoms with Crippen LogP contribution in [-0.2, 0) is 28.8 Å². The van der Waals surface area contributed by atoms with Crippen LogP contribution < -0.4 is 31.9 Å². The largest absolute Gasteiger partial charge is 0.353 e. The zero-order valence-electron chi connectivity index (χ0n) is 23.4. The van der Waals surface area contributed by atoms with E-state index in [1.165, 1.54) is 21.6 Å². The molecule has 0 aromatic heterocycles. The van der Waals surface area contributed by atoms with Crippen LogP contribution in [0.1, 0.15) is 54.4 Å². The zero-order valence-corrected chi connectivity index (χ0v) is 25.1. The fourth-order valence-corrected chi connectivity index (χ4v) is 6.22. The molecule has 0 aromatic rings. The highest BCUT2D eigenvalue weighted by molar-refractivity contribution is 8.76. The Kier molecular flexibility index (Phi) is 12.9. The van der Waals surface area contributed by atoms with Crippen molar-refractivity contribution in [1.29, 1.82) is 0 Å². The number of nitrogens with one attached hydrogen (secondary N) is 6. The van der Waals surface area contributed by atoms with Crippen LogP contribution in [0.4, 0.5) is 0 Å². The normalized spacial score (nSPS) is 28.7. The Balaban J connectivity index is 2.60. The average molecular weight is 587 g/mol. The van der Waals surface area contributed by atoms with Gasteiger partial charge in [0.15, 0.2) is 0 Å². The number of fused-ring (bicyclic) bond motifs is 7. The lowest BCUT2D eigenvalue weighted by Crippen LogP contribution is -2.62. The summed E-state index contributed by atoms with van der Waals surface area (Å²) in [5.74, 6) is -3.39. The first-order valence-corrected chi connectivity index (χ1v) is 15.8. The molecule has 39 heavy (non-hydrogen) atoms. The Hall–Kier alpha value is -2.48. The summed E-state index contributed by atoms with van der Waals surface area (Å²) < 4.78 is 0. The Bertz CT molecular complexity index is 931. The minimum atomic E-state index is -1.22. The summed E-state index contributed by atoms with van der Waals surface area (Å²) in [5.41, 5.74) is 0. The molecule has 14 heteroatoms. The van der Waals surface area contributed by atoms with Crippen LogP contribution in [0, 0.1) is 17.8 Å². The first-order chi connectivity index (χ1) is 18.3. The lowest BCUT2D eigenvalue weighted by atomic mass is 9.98. The fraction of sp³-hybridized carbons (Fsp3) is 0.760. The molecule has 6 N–H and O–H groups in total. The Morgan fingerprint density at radius 2 is 1.26 bits per heavy atom. The van der Waals surface area contributed by atoms with Gasteiger partial charge in [0.1, 0.15) is 30.2 Å². The maximum atomic E-state index is 13.4. The molecule has 12 nitrogen and oxygen atoms in total. The smallest absolute Gasteiger partial charge is 0.244 e. The predicted molar refractivity (Wildman–Crippen MR) is 151 cm³/mol. The summed E-state index contributed by atoms with van der Waals surface area (Å²) >= 11 is 0. The van der Waals surface area contributed by atoms with Crippen LogP contribution in [0.3, 0.4) is 0 Å². The summed E-state index contributed by atoms with van der Waals surface area (Å²) in [5, 5.41) is 16.3. The molecule has 0 aliphatic carbocycles. The monoisotopic (exact) mass is 586 g/mol. The molecular formula is C25H42N6O6S2. The van der Waals surface area contributed by atoms with Crippen LogP contribution in [0.2, 0.25) is 0 Å². The Morgan fingerprint density at radius 3 is 1.85 bits per heavy atom. The number of carbonyl (C=O) groups is 6. The molecule has 2 aliphatic heterocycles. The van der Waals surface area contributed by atoms with E-state index in [1.807, 2.05) is 13.8 Å². The summed E-state index contributed by atoms with van der Waals surface area (Å²) in [4.78, 5) is 79.4. The number of rotatable bonds is 4. The molecule has 2 heterocycles. The molecule has 0 unspecified atom stereocenters. The molecule has 2 rings (SSSR count). The SMILES string of the molecule is CC(C)C[C@@H]1NC(=O)[C@H]2CSSCCNC(=O)[C@H](CC(=O)N[C@H](C(C)C)C(=O)N2)NC(=O)[C@H](C(C)C)NC1=O. The standard InChI is InChI=1S/C25H42N6O6S2/c1-12(2)9-15-22(34)31-20(14(5)6)25(37)28-16-10-18(32)30-19(13(3)4)24(36)29-17(23(35)27-15)11-39-38-8-7-26-21(16)33/h12-17,19-20H,7-11H2,1-6H3,(H,26,33)(H,27,35)(H,28,37)(H,29,36)(H,30,32)(H,31,34)/t15-,16-,17+,19+,20-/m0/s1. The second-order valence-electron chi connectivity index (χ2n) is 10.9. The van der Waals surface area contributed by atoms with E-state index in [9.17, 15) is 28.8 Å². The third-order valence-corrected chi connectivity index (χ3v) is 8.73. The minimum Gasteiger partial charge on any atom is -0.353 e. The van der Waals surface area contributed by atoms with Gasteiger partial charge in [0.05, 0.1) is 6.42 Å². The first-order valence-electron chi connectivity index (χ1n) is 13.3. The summed E-state index contributed by atoms with van der Waals surface area (Å²) in [6.45, 7) is 11.1. The van der Waals surface area contributed by atoms with Gasteiger partial charge in [0.2, 0.25) is 35.4 Å². The highest BCUT2D eigenvalue weighted by atomic mass is 33.1. The van der Waals surface area contributed by atoms with E-state index in [0.29, 0.717) is 12.2 Å². The van der Waals surface area contributed by atoms with E-state index in [-0.39, 0.29) is 30.1 Å². The number of carbonyl (C=O) groups excluding carboxylic acids is 6. The molecule has 220 valence electrons. The second kappa shape index (κ2) is 15.3. The Labute approximate surface area is 237 Å². The molecule has 2 fully saturated rings. The predicted octanol–water partition coefficient (Wildman–Crippen LogP) is -0.317. The zero-order chi connectivity index (χ0) is 29.3. The van der Waals surface area contributed by atoms with E-state index in [2.05, 4.69) is 31.9 Å². The summed E-state index contributed by atoms with van der Waals surface area (Å²) in [7, 11) is 2.75. The number of hydrogen-bond donors (Lipinski definition) is 6. The minimum absolute atomic E-state index is 0.0404. The molecule has 2 saturated heterocycles. The highest BCUT2D eigenvalue weighted by Crippen LogP contribution is 2.22. The van der Waals surface area contributed by atoms with E-state index in [0.717, 1.165) is 0 Å². The Morgan fingerprint density at radius 1 is 0.667 bits per heavy atom. The van der Waals surface area contributed by atoms with Gasteiger partial charge >= 0.3 is 0 Å². The van der Waals surface area contributed by atoms with E-state index < -0.39 is 72.1 Å². The third-order valence-electron chi connectivity index (χ3n) is 6.31. The van der Waals surface area contributed by atoms with Gasteiger partial charge < -0.3 is 31.9 Å². The quantitative estimate of drug-likeness (QED) is 0.243. The topological polar surface area (TPSA) is 175 Å². The van der Waals surface area contributed by atoms with Gasteiger partial charge in [-0.15, -0.1) is 0 Å². The van der Waals surface area contributed by atoms with Crippen molar-refractivity contribution < 1.29 is 28.8 Å². The van der Waals surface area contributed by atoms with E-state index >= 15 is 0 Å². The van der Waals surface area contributed by atoms with E-state index in [1.54, 1.807) is 27.7 Å². The van der Waals surface area contributed by atoms with Gasteiger partial charge in [-0.25, -0.2) is 0 Å². The second-order valence-corrected chi connectivity index (χ2v) is 13.6. The average Bonchev–Trinajstić information content (AvgIpc) is 2.84. The van der Waals surface area contributed by atoms with Crippen molar-refractivity contribution in [3.63, 3.8) is 0 Å². The number of hydrogen-bond acceptors (Lipinski definition) is 8. The van der Waals surface area contributed by atoms with Gasteiger partial charge in [-0.05, 0) is 24.2 Å². The maximum absolute atomic E-state index is 13.4. The molecule has 6 amide bonds. The van der Waals surface area contributed by atoms with Crippen molar-refractivity contribution in [3.8, 4) is 0 Å². The van der Waals surface area contributed by atoms with Crippen LogP contribution in [0.15, 0.2) is 0 Å². The molecule has 0 aromatic carbocycles. The van der Waals surface area contributed by atoms with Gasteiger partial charge in [-0.1, -0.05) is 63.1 Å². The van der Waals surface area contributed by atoms with Crippen molar-refractivity contribution in [2.75, 3.05) is 18.1 Å². The lowest BCUT2D eigenvalue weighted by molar-refractivity contribution is -0.137. The first kappa shape index (κ1) is 32.7. The van der Waals surface area contributed by atoms with Gasteiger partial charge in [-0.3, -0.25) is 28.8 Å². The van der Waals surface area contributed by atoms with Crippen molar-refractivity contribution in [3.05, 3.63) is 0 Å². The molecular weight excluding hydrogens is 544 g/mol. The van der Waals surface area contributed by atoms with Gasteiger partial charge in [0.25, 0.3) is 0 Å². The molecule has 2 aliphatic rings. The van der Waals surface area contributed by atoms with Crippen molar-refractivity contribution in [2.24, 2.45) is 17.8 Å². The third kappa shape index (κ3) is 10.2. The molecule has 0 spiro atoms. The van der Waals surface area contributed by atoms with Crippen molar-refractivity contribution in [1.82, 2.24) is 31.9 Å².